The fraction of sp³-hybridized carbons (Fsp3) is 0.958. The van der Waals surface area contributed by atoms with Crippen molar-refractivity contribution in [2.24, 2.45) is 0 Å². The summed E-state index contributed by atoms with van der Waals surface area (Å²) in [5.41, 5.74) is 0. The molecule has 0 fully saturated rings. The highest BCUT2D eigenvalue weighted by molar-refractivity contribution is 5.69. The monoisotopic (exact) mass is 464 g/mol. The van der Waals surface area contributed by atoms with E-state index in [1.807, 2.05) is 13.8 Å². The van der Waals surface area contributed by atoms with E-state index in [1.165, 1.54) is 25.7 Å². The highest BCUT2D eigenvalue weighted by atomic mass is 16.6. The third-order valence-corrected chi connectivity index (χ3v) is 4.39. The molecule has 8 nitrogen and oxygen atoms in total. The highest BCUT2D eigenvalue weighted by Crippen LogP contribution is 2.07. The fourth-order valence-corrected chi connectivity index (χ4v) is 2.66. The van der Waals surface area contributed by atoms with E-state index in [-0.39, 0.29) is 12.1 Å². The lowest BCUT2D eigenvalue weighted by Gasteiger charge is -2.09. The molecule has 0 aromatic heterocycles. The first-order valence-corrected chi connectivity index (χ1v) is 12.3. The van der Waals surface area contributed by atoms with Gasteiger partial charge >= 0.3 is 5.97 Å². The Morgan fingerprint density at radius 1 is 0.562 bits per heavy atom. The molecule has 0 aromatic rings. The molecule has 0 aliphatic rings. The van der Waals surface area contributed by atoms with Crippen LogP contribution in [0.4, 0.5) is 0 Å². The van der Waals surface area contributed by atoms with E-state index in [0.717, 1.165) is 12.8 Å². The molecule has 0 aliphatic carbocycles. The molecule has 192 valence electrons. The molecule has 0 unspecified atom stereocenters. The van der Waals surface area contributed by atoms with Crippen LogP contribution in [-0.4, -0.2) is 91.4 Å². The van der Waals surface area contributed by atoms with E-state index < -0.39 is 0 Å². The summed E-state index contributed by atoms with van der Waals surface area (Å²) in [6.45, 7) is 12.3. The first-order chi connectivity index (χ1) is 15.7. The van der Waals surface area contributed by atoms with Crippen molar-refractivity contribution in [3.8, 4) is 0 Å². The summed E-state index contributed by atoms with van der Waals surface area (Å²) in [7, 11) is 0. The van der Waals surface area contributed by atoms with Crippen molar-refractivity contribution >= 4 is 5.97 Å². The quantitative estimate of drug-likeness (QED) is 0.141. The van der Waals surface area contributed by atoms with Crippen LogP contribution in [0.5, 0.6) is 0 Å². The lowest BCUT2D eigenvalue weighted by Crippen LogP contribution is -2.15. The second-order valence-corrected chi connectivity index (χ2v) is 7.72. The number of carbonyl (C=O) groups is 1. The van der Waals surface area contributed by atoms with Crippen molar-refractivity contribution in [2.75, 3.05) is 79.3 Å². The second kappa shape index (κ2) is 26.5. The van der Waals surface area contributed by atoms with E-state index in [2.05, 4.69) is 6.92 Å². The van der Waals surface area contributed by atoms with Gasteiger partial charge in [0, 0.05) is 6.42 Å². The van der Waals surface area contributed by atoms with Crippen molar-refractivity contribution < 1.29 is 38.0 Å². The minimum absolute atomic E-state index is 0.134. The molecule has 0 atom stereocenters. The number of rotatable bonds is 26. The number of ether oxygens (including phenoxy) is 7. The number of unbranched alkanes of at least 4 members (excludes halogenated alkanes) is 5. The summed E-state index contributed by atoms with van der Waals surface area (Å²) in [6.07, 6.45) is 7.73. The van der Waals surface area contributed by atoms with Crippen molar-refractivity contribution in [1.29, 1.82) is 0 Å². The van der Waals surface area contributed by atoms with Crippen LogP contribution in [0.3, 0.4) is 0 Å². The van der Waals surface area contributed by atoms with Crippen LogP contribution in [0.25, 0.3) is 0 Å². The third kappa shape index (κ3) is 27.3. The number of hydrogen-bond donors (Lipinski definition) is 0. The zero-order valence-corrected chi connectivity index (χ0v) is 20.8. The van der Waals surface area contributed by atoms with Gasteiger partial charge in [0.05, 0.1) is 78.8 Å². The van der Waals surface area contributed by atoms with E-state index in [4.69, 9.17) is 33.2 Å². The molecule has 0 saturated heterocycles. The van der Waals surface area contributed by atoms with Gasteiger partial charge in [-0.05, 0) is 20.3 Å². The highest BCUT2D eigenvalue weighted by Gasteiger charge is 2.02. The van der Waals surface area contributed by atoms with Gasteiger partial charge in [0.25, 0.3) is 0 Å². The molecule has 8 heteroatoms. The molecule has 32 heavy (non-hydrogen) atoms. The van der Waals surface area contributed by atoms with Crippen LogP contribution in [-0.2, 0) is 38.0 Å². The Bertz CT molecular complexity index is 379. The fourth-order valence-electron chi connectivity index (χ4n) is 2.66. The summed E-state index contributed by atoms with van der Waals surface area (Å²) >= 11 is 0. The smallest absolute Gasteiger partial charge is 0.305 e. The number of esters is 1. The lowest BCUT2D eigenvalue weighted by molar-refractivity contribution is -0.145. The summed E-state index contributed by atoms with van der Waals surface area (Å²) in [6, 6.07) is 0. The summed E-state index contributed by atoms with van der Waals surface area (Å²) in [4.78, 5) is 11.6. The molecule has 0 N–H and O–H groups in total. The molecular weight excluding hydrogens is 416 g/mol. The van der Waals surface area contributed by atoms with Crippen LogP contribution >= 0.6 is 0 Å². The minimum atomic E-state index is -0.134. The van der Waals surface area contributed by atoms with Crippen LogP contribution in [0, 0.1) is 0 Å². The maximum absolute atomic E-state index is 11.6. The van der Waals surface area contributed by atoms with Gasteiger partial charge in [-0.3, -0.25) is 4.79 Å². The molecule has 0 saturated carbocycles. The SMILES string of the molecule is CCCCCCCCC(=O)OCCOCCOCCOCCOCCOCCOC(C)C. The first kappa shape index (κ1) is 31.2. The maximum Gasteiger partial charge on any atom is 0.305 e. The van der Waals surface area contributed by atoms with E-state index in [0.29, 0.717) is 85.7 Å². The van der Waals surface area contributed by atoms with E-state index >= 15 is 0 Å². The molecular formula is C24H48O8. The van der Waals surface area contributed by atoms with Crippen molar-refractivity contribution in [1.82, 2.24) is 0 Å². The van der Waals surface area contributed by atoms with E-state index in [9.17, 15) is 4.79 Å². The molecule has 0 radical (unpaired) electrons. The topological polar surface area (TPSA) is 81.7 Å². The van der Waals surface area contributed by atoms with Gasteiger partial charge in [-0.1, -0.05) is 39.0 Å². The summed E-state index contributed by atoms with van der Waals surface area (Å²) in [5, 5.41) is 0. The predicted octanol–water partition coefficient (Wildman–Crippen LogP) is 3.79. The Morgan fingerprint density at radius 3 is 1.44 bits per heavy atom. The Hall–Kier alpha value is -0.770. The zero-order chi connectivity index (χ0) is 23.5. The average molecular weight is 465 g/mol. The van der Waals surface area contributed by atoms with Gasteiger partial charge in [0.15, 0.2) is 0 Å². The molecule has 0 bridgehead atoms. The molecule has 0 aromatic carbocycles. The van der Waals surface area contributed by atoms with Gasteiger partial charge in [-0.25, -0.2) is 0 Å². The predicted molar refractivity (Wildman–Crippen MR) is 124 cm³/mol. The van der Waals surface area contributed by atoms with Gasteiger partial charge in [-0.2, -0.15) is 0 Å². The van der Waals surface area contributed by atoms with Crippen molar-refractivity contribution in [2.45, 2.75) is 71.8 Å². The van der Waals surface area contributed by atoms with Gasteiger partial charge in [0.2, 0.25) is 0 Å². The van der Waals surface area contributed by atoms with Gasteiger partial charge in [0.1, 0.15) is 6.61 Å². The summed E-state index contributed by atoms with van der Waals surface area (Å²) < 4.78 is 37.6. The number of carbonyl (C=O) groups excluding carboxylic acids is 1. The van der Waals surface area contributed by atoms with Crippen LogP contribution in [0.1, 0.15) is 65.7 Å². The molecule has 0 heterocycles. The van der Waals surface area contributed by atoms with Crippen LogP contribution in [0.2, 0.25) is 0 Å². The molecule has 0 rings (SSSR count). The normalized spacial score (nSPS) is 11.4. The Balaban J connectivity index is 3.11. The lowest BCUT2D eigenvalue weighted by atomic mass is 10.1. The standard InChI is InChI=1S/C24H48O8/c1-4-5-6-7-8-9-10-24(25)32-22-20-30-18-16-28-14-12-26-11-13-27-15-17-29-19-21-31-23(2)3/h23H,4-22H2,1-3H3. The Morgan fingerprint density at radius 2 is 0.969 bits per heavy atom. The van der Waals surface area contributed by atoms with Crippen LogP contribution in [0.15, 0.2) is 0 Å². The Labute approximate surface area is 195 Å². The minimum Gasteiger partial charge on any atom is -0.463 e. The third-order valence-electron chi connectivity index (χ3n) is 4.39. The second-order valence-electron chi connectivity index (χ2n) is 7.72. The zero-order valence-electron chi connectivity index (χ0n) is 20.8. The maximum atomic E-state index is 11.6. The van der Waals surface area contributed by atoms with Crippen molar-refractivity contribution in [3.05, 3.63) is 0 Å². The average Bonchev–Trinajstić information content (AvgIpc) is 2.77. The van der Waals surface area contributed by atoms with Crippen LogP contribution < -0.4 is 0 Å². The molecule has 0 aliphatic heterocycles. The van der Waals surface area contributed by atoms with Gasteiger partial charge < -0.3 is 33.2 Å². The summed E-state index contributed by atoms with van der Waals surface area (Å²) in [5.74, 6) is -0.134. The molecule has 0 spiro atoms. The molecule has 0 amide bonds. The number of hydrogen-bond acceptors (Lipinski definition) is 8. The van der Waals surface area contributed by atoms with Gasteiger partial charge in [-0.15, -0.1) is 0 Å². The first-order valence-electron chi connectivity index (χ1n) is 12.3. The largest absolute Gasteiger partial charge is 0.463 e. The van der Waals surface area contributed by atoms with E-state index in [1.54, 1.807) is 0 Å². The van der Waals surface area contributed by atoms with Crippen molar-refractivity contribution in [3.63, 3.8) is 0 Å². The Kier molecular flexibility index (Phi) is 25.8.